The summed E-state index contributed by atoms with van der Waals surface area (Å²) in [4.78, 5) is 10.5. The Morgan fingerprint density at radius 3 is 2.56 bits per heavy atom. The average molecular weight is 233 g/mol. The van der Waals surface area contributed by atoms with Crippen LogP contribution < -0.4 is 0 Å². The van der Waals surface area contributed by atoms with Gasteiger partial charge >= 0.3 is 0 Å². The Hall–Kier alpha value is -1.80. The van der Waals surface area contributed by atoms with Gasteiger partial charge in [-0.3, -0.25) is 4.79 Å². The molecule has 0 spiro atoms. The zero-order valence-corrected chi connectivity index (χ0v) is 9.15. The molecule has 0 unspecified atom stereocenters. The number of benzene rings is 1. The molecule has 1 aromatic heterocycles. The number of hydrogen-bond acceptors (Lipinski definition) is 2. The van der Waals surface area contributed by atoms with Gasteiger partial charge in [0.25, 0.3) is 0 Å². The first-order valence-corrected chi connectivity index (χ1v) is 5.16. The van der Waals surface area contributed by atoms with E-state index in [1.54, 1.807) is 12.1 Å². The molecule has 0 bridgehead atoms. The number of rotatable bonds is 3. The van der Waals surface area contributed by atoms with Gasteiger partial charge in [-0.05, 0) is 29.8 Å². The summed E-state index contributed by atoms with van der Waals surface area (Å²) in [6.07, 6.45) is 2.80. The number of carbonyl (C=O) groups is 1. The number of allylic oxidation sites excluding steroid dienone is 1. The highest BCUT2D eigenvalue weighted by molar-refractivity contribution is 6.66. The summed E-state index contributed by atoms with van der Waals surface area (Å²) in [5.41, 5.74) is 0.999. The normalized spacial score (nSPS) is 10.8. The Balaban J connectivity index is 2.23. The molecule has 1 aromatic carbocycles. The third kappa shape index (κ3) is 2.61. The monoisotopic (exact) mass is 232 g/mol. The van der Waals surface area contributed by atoms with Crippen molar-refractivity contribution in [3.05, 3.63) is 54.3 Å². The molecule has 0 aliphatic heterocycles. The third-order valence-corrected chi connectivity index (χ3v) is 2.19. The van der Waals surface area contributed by atoms with E-state index in [1.807, 2.05) is 36.4 Å². The Bertz CT molecular complexity index is 512. The molecule has 3 heteroatoms. The van der Waals surface area contributed by atoms with Crippen molar-refractivity contribution in [2.45, 2.75) is 0 Å². The van der Waals surface area contributed by atoms with Gasteiger partial charge in [-0.25, -0.2) is 0 Å². The van der Waals surface area contributed by atoms with E-state index in [2.05, 4.69) is 0 Å². The van der Waals surface area contributed by atoms with Crippen LogP contribution >= 0.6 is 11.6 Å². The van der Waals surface area contributed by atoms with E-state index >= 15 is 0 Å². The van der Waals surface area contributed by atoms with Crippen LogP contribution in [0.15, 0.2) is 53.0 Å². The van der Waals surface area contributed by atoms with E-state index < -0.39 is 5.24 Å². The second kappa shape index (κ2) is 4.81. The summed E-state index contributed by atoms with van der Waals surface area (Å²) in [6, 6.07) is 13.4. The van der Waals surface area contributed by atoms with Crippen molar-refractivity contribution in [1.29, 1.82) is 0 Å². The zero-order chi connectivity index (χ0) is 11.4. The second-order valence-corrected chi connectivity index (χ2v) is 3.58. The maximum Gasteiger partial charge on any atom is 0.245 e. The van der Waals surface area contributed by atoms with Crippen molar-refractivity contribution in [2.24, 2.45) is 0 Å². The SMILES string of the molecule is O=C(Cl)/C=C/c1ccc(-c2ccccc2)o1. The van der Waals surface area contributed by atoms with Crippen molar-refractivity contribution in [1.82, 2.24) is 0 Å². The van der Waals surface area contributed by atoms with Gasteiger partial charge in [0.2, 0.25) is 5.24 Å². The van der Waals surface area contributed by atoms with Crippen LogP contribution in [0.1, 0.15) is 5.76 Å². The Kier molecular flexibility index (Phi) is 3.22. The number of furan rings is 1. The highest BCUT2D eigenvalue weighted by Crippen LogP contribution is 2.22. The lowest BCUT2D eigenvalue weighted by Gasteiger charge is -1.94. The topological polar surface area (TPSA) is 30.2 Å². The number of halogens is 1. The highest BCUT2D eigenvalue weighted by Gasteiger charge is 2.01. The molecule has 0 aliphatic carbocycles. The van der Waals surface area contributed by atoms with Crippen LogP contribution in [0.3, 0.4) is 0 Å². The first-order valence-electron chi connectivity index (χ1n) is 4.78. The van der Waals surface area contributed by atoms with E-state index in [4.69, 9.17) is 16.0 Å². The minimum atomic E-state index is -0.516. The number of carbonyl (C=O) groups excluding carboxylic acids is 1. The number of hydrogen-bond donors (Lipinski definition) is 0. The lowest BCUT2D eigenvalue weighted by Crippen LogP contribution is -1.73. The fourth-order valence-electron chi connectivity index (χ4n) is 1.35. The standard InChI is InChI=1S/C13H9ClO2/c14-13(15)9-7-11-6-8-12(16-11)10-4-2-1-3-5-10/h1-9H/b9-7+. The molecule has 2 rings (SSSR count). The van der Waals surface area contributed by atoms with Gasteiger partial charge in [-0.15, -0.1) is 0 Å². The highest BCUT2D eigenvalue weighted by atomic mass is 35.5. The smallest absolute Gasteiger partial charge is 0.245 e. The lowest BCUT2D eigenvalue weighted by molar-refractivity contribution is -0.107. The molecule has 2 nitrogen and oxygen atoms in total. The molecular weight excluding hydrogens is 224 g/mol. The maximum atomic E-state index is 10.5. The Morgan fingerprint density at radius 1 is 1.12 bits per heavy atom. The van der Waals surface area contributed by atoms with Crippen LogP contribution in [-0.2, 0) is 4.79 Å². The molecule has 0 atom stereocenters. The van der Waals surface area contributed by atoms with E-state index in [-0.39, 0.29) is 0 Å². The molecule has 2 aromatic rings. The Morgan fingerprint density at radius 2 is 1.88 bits per heavy atom. The molecule has 1 heterocycles. The zero-order valence-electron chi connectivity index (χ0n) is 8.39. The third-order valence-electron chi connectivity index (χ3n) is 2.06. The van der Waals surface area contributed by atoms with Crippen LogP contribution in [-0.4, -0.2) is 5.24 Å². The van der Waals surface area contributed by atoms with Gasteiger partial charge in [0, 0.05) is 11.6 Å². The predicted octanol–water partition coefficient (Wildman–Crippen LogP) is 3.73. The first kappa shape index (κ1) is 10.7. The van der Waals surface area contributed by atoms with Crippen LogP contribution in [0, 0.1) is 0 Å². The predicted molar refractivity (Wildman–Crippen MR) is 64.0 cm³/mol. The van der Waals surface area contributed by atoms with Crippen molar-refractivity contribution in [3.63, 3.8) is 0 Å². The van der Waals surface area contributed by atoms with Gasteiger partial charge in [-0.2, -0.15) is 0 Å². The molecular formula is C13H9ClO2. The fraction of sp³-hybridized carbons (Fsp3) is 0. The minimum absolute atomic E-state index is 0.516. The molecule has 0 saturated carbocycles. The summed E-state index contributed by atoms with van der Waals surface area (Å²) in [5, 5.41) is -0.516. The van der Waals surface area contributed by atoms with Crippen LogP contribution in [0.25, 0.3) is 17.4 Å². The summed E-state index contributed by atoms with van der Waals surface area (Å²) < 4.78 is 5.52. The van der Waals surface area contributed by atoms with E-state index in [9.17, 15) is 4.79 Å². The van der Waals surface area contributed by atoms with Crippen molar-refractivity contribution in [2.75, 3.05) is 0 Å². The Labute approximate surface area is 98.2 Å². The first-order chi connectivity index (χ1) is 7.75. The molecule has 80 valence electrons. The summed E-state index contributed by atoms with van der Waals surface area (Å²) in [7, 11) is 0. The summed E-state index contributed by atoms with van der Waals surface area (Å²) in [5.74, 6) is 1.37. The molecule has 0 fully saturated rings. The van der Waals surface area contributed by atoms with Crippen LogP contribution in [0.5, 0.6) is 0 Å². The van der Waals surface area contributed by atoms with E-state index in [0.717, 1.165) is 11.3 Å². The lowest BCUT2D eigenvalue weighted by atomic mass is 10.2. The molecule has 0 saturated heterocycles. The van der Waals surface area contributed by atoms with Crippen molar-refractivity contribution in [3.8, 4) is 11.3 Å². The second-order valence-electron chi connectivity index (χ2n) is 3.21. The van der Waals surface area contributed by atoms with Crippen LogP contribution in [0.2, 0.25) is 0 Å². The molecule has 0 aliphatic rings. The quantitative estimate of drug-likeness (QED) is 0.596. The summed E-state index contributed by atoms with van der Waals surface area (Å²) >= 11 is 5.18. The molecule has 16 heavy (non-hydrogen) atoms. The minimum Gasteiger partial charge on any atom is -0.457 e. The van der Waals surface area contributed by atoms with Gasteiger partial charge in [0.05, 0.1) is 0 Å². The summed E-state index contributed by atoms with van der Waals surface area (Å²) in [6.45, 7) is 0. The molecule has 0 radical (unpaired) electrons. The molecule has 0 N–H and O–H groups in total. The maximum absolute atomic E-state index is 10.5. The van der Waals surface area contributed by atoms with Gasteiger partial charge in [0.15, 0.2) is 0 Å². The van der Waals surface area contributed by atoms with Gasteiger partial charge in [-0.1, -0.05) is 30.3 Å². The van der Waals surface area contributed by atoms with E-state index in [1.165, 1.54) is 6.08 Å². The van der Waals surface area contributed by atoms with E-state index in [0.29, 0.717) is 5.76 Å². The molecule has 0 amide bonds. The largest absolute Gasteiger partial charge is 0.457 e. The average Bonchev–Trinajstić information content (AvgIpc) is 2.76. The van der Waals surface area contributed by atoms with Gasteiger partial charge in [0.1, 0.15) is 11.5 Å². The van der Waals surface area contributed by atoms with Crippen molar-refractivity contribution >= 4 is 22.9 Å². The fourth-order valence-corrected chi connectivity index (χ4v) is 1.41. The van der Waals surface area contributed by atoms with Gasteiger partial charge < -0.3 is 4.42 Å². The van der Waals surface area contributed by atoms with Crippen LogP contribution in [0.4, 0.5) is 0 Å². The van der Waals surface area contributed by atoms with Crippen molar-refractivity contribution < 1.29 is 9.21 Å².